The van der Waals surface area contributed by atoms with E-state index in [0.717, 1.165) is 16.5 Å². The van der Waals surface area contributed by atoms with Crippen LogP contribution in [-0.2, 0) is 0 Å². The third-order valence-electron chi connectivity index (χ3n) is 3.63. The summed E-state index contributed by atoms with van der Waals surface area (Å²) < 4.78 is 3.18. The molecular weight excluding hydrogens is 429 g/mol. The first-order chi connectivity index (χ1) is 12.8. The number of carbonyl (C=O) groups excluding carboxylic acids is 1. The molecule has 0 bridgehead atoms. The number of alkyl halides is 3. The molecule has 9 heteroatoms. The van der Waals surface area contributed by atoms with E-state index in [1.807, 2.05) is 42.5 Å². The molecule has 1 unspecified atom stereocenters. The second-order valence-corrected chi connectivity index (χ2v) is 8.36. The summed E-state index contributed by atoms with van der Waals surface area (Å²) in [6.45, 7) is 0. The van der Waals surface area contributed by atoms with E-state index < -0.39 is 15.9 Å². The lowest BCUT2D eigenvalue weighted by atomic mass is 10.1. The molecule has 3 rings (SSSR count). The Morgan fingerprint density at radius 2 is 1.74 bits per heavy atom. The van der Waals surface area contributed by atoms with Crippen molar-refractivity contribution < 1.29 is 9.21 Å². The van der Waals surface area contributed by atoms with Crippen molar-refractivity contribution in [3.05, 3.63) is 66.6 Å². The molecule has 2 aromatic carbocycles. The van der Waals surface area contributed by atoms with E-state index in [1.165, 1.54) is 12.3 Å². The minimum atomic E-state index is -1.85. The molecule has 140 valence electrons. The number of furan rings is 1. The zero-order valence-electron chi connectivity index (χ0n) is 13.7. The van der Waals surface area contributed by atoms with Crippen LogP contribution in [0.25, 0.3) is 10.8 Å². The Labute approximate surface area is 176 Å². The van der Waals surface area contributed by atoms with Crippen molar-refractivity contribution in [2.24, 2.45) is 0 Å². The Balaban J connectivity index is 1.69. The molecule has 5 nitrogen and oxygen atoms in total. The third-order valence-corrected chi connectivity index (χ3v) is 4.51. The van der Waals surface area contributed by atoms with E-state index in [-0.39, 0.29) is 10.9 Å². The molecule has 0 spiro atoms. The van der Waals surface area contributed by atoms with Crippen molar-refractivity contribution >= 4 is 74.5 Å². The van der Waals surface area contributed by atoms with Crippen LogP contribution in [0, 0.1) is 0 Å². The lowest BCUT2D eigenvalue weighted by Crippen LogP contribution is -2.56. The van der Waals surface area contributed by atoms with Gasteiger partial charge in [-0.15, -0.1) is 0 Å². The largest absolute Gasteiger partial charge is 0.459 e. The van der Waals surface area contributed by atoms with E-state index in [4.69, 9.17) is 51.4 Å². The molecule has 3 aromatic rings. The van der Waals surface area contributed by atoms with Crippen LogP contribution in [-0.4, -0.2) is 21.0 Å². The summed E-state index contributed by atoms with van der Waals surface area (Å²) in [5.74, 6) is -0.457. The molecule has 1 atom stereocenters. The number of carbonyl (C=O) groups is 1. The van der Waals surface area contributed by atoms with Gasteiger partial charge in [-0.2, -0.15) is 0 Å². The molecule has 27 heavy (non-hydrogen) atoms. The number of benzene rings is 2. The van der Waals surface area contributed by atoms with E-state index >= 15 is 0 Å². The number of halogens is 3. The molecule has 1 aromatic heterocycles. The van der Waals surface area contributed by atoms with Crippen molar-refractivity contribution in [3.8, 4) is 0 Å². The van der Waals surface area contributed by atoms with Crippen LogP contribution in [0.15, 0.2) is 65.3 Å². The van der Waals surface area contributed by atoms with Crippen molar-refractivity contribution in [1.82, 2.24) is 10.6 Å². The SMILES string of the molecule is O=C(NC(NC(=S)Nc1ccc2ccccc2c1)C(Cl)(Cl)Cl)c1ccco1. The Morgan fingerprint density at radius 1 is 1.00 bits per heavy atom. The van der Waals surface area contributed by atoms with E-state index in [0.29, 0.717) is 0 Å². The van der Waals surface area contributed by atoms with Crippen molar-refractivity contribution in [2.45, 2.75) is 9.96 Å². The molecule has 0 aliphatic heterocycles. The molecule has 0 aliphatic rings. The van der Waals surface area contributed by atoms with Crippen LogP contribution < -0.4 is 16.0 Å². The predicted molar refractivity (Wildman–Crippen MR) is 114 cm³/mol. The Morgan fingerprint density at radius 3 is 2.41 bits per heavy atom. The molecule has 3 N–H and O–H groups in total. The van der Waals surface area contributed by atoms with Crippen LogP contribution in [0.5, 0.6) is 0 Å². The first-order valence-electron chi connectivity index (χ1n) is 7.80. The van der Waals surface area contributed by atoms with Crippen molar-refractivity contribution in [3.63, 3.8) is 0 Å². The van der Waals surface area contributed by atoms with Gasteiger partial charge in [0.1, 0.15) is 6.17 Å². The Bertz CT molecular complexity index is 958. The van der Waals surface area contributed by atoms with E-state index in [2.05, 4.69) is 16.0 Å². The molecule has 1 heterocycles. The number of anilines is 1. The number of fused-ring (bicyclic) bond motifs is 1. The quantitative estimate of drug-likeness (QED) is 0.306. The first kappa shape index (κ1) is 19.8. The molecule has 0 saturated carbocycles. The summed E-state index contributed by atoms with van der Waals surface area (Å²) in [6, 6.07) is 16.8. The fraction of sp³-hybridized carbons (Fsp3) is 0.111. The van der Waals surface area contributed by atoms with Crippen LogP contribution in [0.4, 0.5) is 5.69 Å². The molecule has 1 amide bonds. The van der Waals surface area contributed by atoms with Crippen LogP contribution in [0.2, 0.25) is 0 Å². The lowest BCUT2D eigenvalue weighted by molar-refractivity contribution is 0.0906. The second kappa shape index (κ2) is 8.35. The average molecular weight is 443 g/mol. The summed E-state index contributed by atoms with van der Waals surface area (Å²) in [6.07, 6.45) is 0.291. The zero-order chi connectivity index (χ0) is 19.4. The highest BCUT2D eigenvalue weighted by Crippen LogP contribution is 2.29. The predicted octanol–water partition coefficient (Wildman–Crippen LogP) is 4.85. The number of hydrogen-bond donors (Lipinski definition) is 3. The fourth-order valence-corrected chi connectivity index (χ4v) is 2.94. The first-order valence-corrected chi connectivity index (χ1v) is 9.34. The number of nitrogens with one attached hydrogen (secondary N) is 3. The van der Waals surface area contributed by atoms with Gasteiger partial charge in [0.05, 0.1) is 6.26 Å². The minimum absolute atomic E-state index is 0.0875. The maximum atomic E-state index is 12.2. The van der Waals surface area contributed by atoms with Crippen LogP contribution in [0.1, 0.15) is 10.6 Å². The Kier molecular flexibility index (Phi) is 6.11. The molecular formula is C18H14Cl3N3O2S. The van der Waals surface area contributed by atoms with Gasteiger partial charge in [0.15, 0.2) is 10.9 Å². The summed E-state index contributed by atoms with van der Waals surface area (Å²) in [7, 11) is 0. The van der Waals surface area contributed by atoms with E-state index in [1.54, 1.807) is 6.07 Å². The smallest absolute Gasteiger partial charge is 0.288 e. The number of hydrogen-bond acceptors (Lipinski definition) is 3. The third kappa shape index (κ3) is 5.26. The monoisotopic (exact) mass is 441 g/mol. The maximum absolute atomic E-state index is 12.2. The highest BCUT2D eigenvalue weighted by Gasteiger charge is 2.35. The summed E-state index contributed by atoms with van der Waals surface area (Å²) in [5.41, 5.74) is 0.756. The lowest BCUT2D eigenvalue weighted by Gasteiger charge is -2.27. The van der Waals surface area contributed by atoms with Gasteiger partial charge in [-0.3, -0.25) is 4.79 Å². The standard InChI is InChI=1S/C18H14Cl3N3O2S/c19-18(20,21)16(23-15(25)14-6-3-9-26-14)24-17(27)22-13-8-7-11-4-1-2-5-12(11)10-13/h1-10,16H,(H,23,25)(H2,22,24,27). The van der Waals surface area contributed by atoms with Gasteiger partial charge in [0.25, 0.3) is 5.91 Å². The number of amides is 1. The van der Waals surface area contributed by atoms with Crippen molar-refractivity contribution in [2.75, 3.05) is 5.32 Å². The fourth-order valence-electron chi connectivity index (χ4n) is 2.38. The van der Waals surface area contributed by atoms with Gasteiger partial charge in [-0.05, 0) is 47.3 Å². The van der Waals surface area contributed by atoms with Gasteiger partial charge < -0.3 is 20.4 Å². The van der Waals surface area contributed by atoms with Crippen LogP contribution in [0.3, 0.4) is 0 Å². The van der Waals surface area contributed by atoms with Crippen molar-refractivity contribution in [1.29, 1.82) is 0 Å². The van der Waals surface area contributed by atoms with E-state index in [9.17, 15) is 4.79 Å². The molecule has 0 aliphatic carbocycles. The second-order valence-electron chi connectivity index (χ2n) is 5.59. The topological polar surface area (TPSA) is 66.3 Å². The molecule has 0 radical (unpaired) electrons. The highest BCUT2D eigenvalue weighted by atomic mass is 35.6. The average Bonchev–Trinajstić information content (AvgIpc) is 3.15. The van der Waals surface area contributed by atoms with Gasteiger partial charge in [-0.1, -0.05) is 65.1 Å². The Hall–Kier alpha value is -1.99. The van der Waals surface area contributed by atoms with Gasteiger partial charge in [-0.25, -0.2) is 0 Å². The highest BCUT2D eigenvalue weighted by molar-refractivity contribution is 7.80. The van der Waals surface area contributed by atoms with Gasteiger partial charge in [0.2, 0.25) is 3.79 Å². The zero-order valence-corrected chi connectivity index (χ0v) is 16.8. The normalized spacial score (nSPS) is 12.4. The number of thiocarbonyl (C=S) groups is 1. The van der Waals surface area contributed by atoms with Crippen LogP contribution >= 0.6 is 47.0 Å². The summed E-state index contributed by atoms with van der Waals surface area (Å²) >= 11 is 23.2. The van der Waals surface area contributed by atoms with Gasteiger partial charge >= 0.3 is 0 Å². The molecule has 0 saturated heterocycles. The van der Waals surface area contributed by atoms with Gasteiger partial charge in [0, 0.05) is 5.69 Å². The minimum Gasteiger partial charge on any atom is -0.459 e. The summed E-state index contributed by atoms with van der Waals surface area (Å²) in [4.78, 5) is 12.2. The molecule has 0 fully saturated rings. The maximum Gasteiger partial charge on any atom is 0.288 e. The number of rotatable bonds is 4. The summed E-state index contributed by atoms with van der Waals surface area (Å²) in [5, 5.41) is 10.7.